The van der Waals surface area contributed by atoms with E-state index in [1.807, 2.05) is 0 Å². The van der Waals surface area contributed by atoms with Crippen molar-refractivity contribution in [1.29, 1.82) is 0 Å². The summed E-state index contributed by atoms with van der Waals surface area (Å²) < 4.78 is 22.2. The molecule has 1 unspecified atom stereocenters. The van der Waals surface area contributed by atoms with E-state index < -0.39 is 28.7 Å². The Bertz CT molecular complexity index is 987. The lowest BCUT2D eigenvalue weighted by molar-refractivity contribution is -0.148. The van der Waals surface area contributed by atoms with Gasteiger partial charge in [-0.15, -0.1) is 0 Å². The van der Waals surface area contributed by atoms with Crippen molar-refractivity contribution in [3.05, 3.63) is 0 Å². The summed E-state index contributed by atoms with van der Waals surface area (Å²) in [6.45, 7) is 23.0. The predicted molar refractivity (Wildman–Crippen MR) is 191 cm³/mol. The standard InChI is InChI=1S/C26H50N2O8.C10H19NO3/c1-7-21(2)25(3,4)20-26(5,6)36-18-17-34-14-12-28-23(30)19-35-16-15-33-13-11-27-22(29)9-8-10-24(31)32;1-9(2,7(11)12)5-6-10(3,4)8(13)14/h21H,7-20H2,1-6H3,(H,27,29)(H,28,30)(H,31,32);5-6H2,1-4H3,(H2,11,12)(H,13,14). The second-order valence-electron chi connectivity index (χ2n) is 15.2. The average molecular weight is 720 g/mol. The summed E-state index contributed by atoms with van der Waals surface area (Å²) in [6, 6.07) is 0. The van der Waals surface area contributed by atoms with Gasteiger partial charge >= 0.3 is 11.9 Å². The number of rotatable bonds is 28. The summed E-state index contributed by atoms with van der Waals surface area (Å²) in [6.07, 6.45) is 3.53. The average Bonchev–Trinajstić information content (AvgIpc) is 2.99. The van der Waals surface area contributed by atoms with Gasteiger partial charge in [0.1, 0.15) is 6.61 Å². The van der Waals surface area contributed by atoms with Gasteiger partial charge in [0.15, 0.2) is 0 Å². The van der Waals surface area contributed by atoms with Crippen LogP contribution in [-0.2, 0) is 42.9 Å². The Labute approximate surface area is 300 Å². The largest absolute Gasteiger partial charge is 0.481 e. The molecule has 14 heteroatoms. The van der Waals surface area contributed by atoms with Crippen molar-refractivity contribution in [2.24, 2.45) is 27.9 Å². The molecule has 0 aromatic heterocycles. The van der Waals surface area contributed by atoms with Gasteiger partial charge in [-0.25, -0.2) is 0 Å². The molecule has 294 valence electrons. The van der Waals surface area contributed by atoms with E-state index in [9.17, 15) is 24.0 Å². The third-order valence-corrected chi connectivity index (χ3v) is 8.71. The molecule has 0 aliphatic rings. The van der Waals surface area contributed by atoms with Crippen molar-refractivity contribution >= 4 is 29.7 Å². The number of nitrogens with one attached hydrogen (secondary N) is 2. The maximum absolute atomic E-state index is 11.8. The van der Waals surface area contributed by atoms with E-state index in [0.717, 1.165) is 12.8 Å². The number of ether oxygens (including phenoxy) is 4. The minimum Gasteiger partial charge on any atom is -0.481 e. The van der Waals surface area contributed by atoms with E-state index in [2.05, 4.69) is 52.2 Å². The molecule has 50 heavy (non-hydrogen) atoms. The molecule has 0 bridgehead atoms. The van der Waals surface area contributed by atoms with E-state index in [1.54, 1.807) is 27.7 Å². The van der Waals surface area contributed by atoms with Gasteiger partial charge in [0.25, 0.3) is 0 Å². The van der Waals surface area contributed by atoms with Crippen LogP contribution in [-0.4, -0.2) is 105 Å². The van der Waals surface area contributed by atoms with Crippen LogP contribution in [0.25, 0.3) is 0 Å². The highest BCUT2D eigenvalue weighted by atomic mass is 16.5. The van der Waals surface area contributed by atoms with Crippen LogP contribution in [0.1, 0.15) is 114 Å². The zero-order valence-corrected chi connectivity index (χ0v) is 32.5. The Morgan fingerprint density at radius 2 is 1.20 bits per heavy atom. The van der Waals surface area contributed by atoms with E-state index >= 15 is 0 Å². The summed E-state index contributed by atoms with van der Waals surface area (Å²) in [7, 11) is 0. The fourth-order valence-corrected chi connectivity index (χ4v) is 4.66. The van der Waals surface area contributed by atoms with E-state index in [-0.39, 0.29) is 48.9 Å². The molecule has 0 aliphatic heterocycles. The van der Waals surface area contributed by atoms with Crippen LogP contribution < -0.4 is 16.4 Å². The first-order chi connectivity index (χ1) is 23.0. The number of nitrogens with two attached hydrogens (primary N) is 1. The van der Waals surface area contributed by atoms with Gasteiger partial charge in [0.2, 0.25) is 17.7 Å². The molecule has 0 fully saturated rings. The van der Waals surface area contributed by atoms with Crippen molar-refractivity contribution in [2.45, 2.75) is 120 Å². The van der Waals surface area contributed by atoms with E-state index in [4.69, 9.17) is 34.9 Å². The number of carbonyl (C=O) groups is 5. The molecule has 6 N–H and O–H groups in total. The summed E-state index contributed by atoms with van der Waals surface area (Å²) in [5.74, 6) is -1.95. The van der Waals surface area contributed by atoms with Crippen LogP contribution in [0.15, 0.2) is 0 Å². The molecule has 0 radical (unpaired) electrons. The van der Waals surface area contributed by atoms with E-state index in [0.29, 0.717) is 71.3 Å². The van der Waals surface area contributed by atoms with Gasteiger partial charge in [-0.05, 0) is 64.7 Å². The van der Waals surface area contributed by atoms with E-state index in [1.165, 1.54) is 0 Å². The quantitative estimate of drug-likeness (QED) is 0.0724. The minimum absolute atomic E-state index is 0.0211. The second kappa shape index (κ2) is 25.2. The maximum Gasteiger partial charge on any atom is 0.309 e. The van der Waals surface area contributed by atoms with Gasteiger partial charge in [-0.3, -0.25) is 24.0 Å². The highest BCUT2D eigenvalue weighted by molar-refractivity contribution is 5.80. The number of amides is 3. The number of hydrogen-bond acceptors (Lipinski definition) is 9. The summed E-state index contributed by atoms with van der Waals surface area (Å²) in [4.78, 5) is 55.4. The van der Waals surface area contributed by atoms with Crippen molar-refractivity contribution < 1.29 is 53.1 Å². The molecule has 1 atom stereocenters. The topological polar surface area (TPSA) is 213 Å². The van der Waals surface area contributed by atoms with Gasteiger partial charge < -0.3 is 45.5 Å². The van der Waals surface area contributed by atoms with Crippen molar-refractivity contribution in [3.63, 3.8) is 0 Å². The molecule has 0 heterocycles. The number of carboxylic acids is 2. The molecule has 14 nitrogen and oxygen atoms in total. The molecule has 0 saturated heterocycles. The molecule has 0 aliphatic carbocycles. The van der Waals surface area contributed by atoms with Crippen molar-refractivity contribution in [2.75, 3.05) is 59.3 Å². The highest BCUT2D eigenvalue weighted by Gasteiger charge is 2.33. The fraction of sp³-hybridized carbons (Fsp3) is 0.861. The third kappa shape index (κ3) is 26.1. The minimum atomic E-state index is -0.912. The third-order valence-electron chi connectivity index (χ3n) is 8.71. The zero-order valence-electron chi connectivity index (χ0n) is 32.5. The zero-order chi connectivity index (χ0) is 39.0. The Morgan fingerprint density at radius 1 is 0.700 bits per heavy atom. The highest BCUT2D eigenvalue weighted by Crippen LogP contribution is 2.38. The molecule has 0 aromatic rings. The lowest BCUT2D eigenvalue weighted by Crippen LogP contribution is -2.36. The van der Waals surface area contributed by atoms with Gasteiger partial charge in [-0.2, -0.15) is 0 Å². The summed E-state index contributed by atoms with van der Waals surface area (Å²) in [5, 5.41) is 22.8. The van der Waals surface area contributed by atoms with Crippen LogP contribution >= 0.6 is 0 Å². The van der Waals surface area contributed by atoms with Crippen LogP contribution in [0.3, 0.4) is 0 Å². The van der Waals surface area contributed by atoms with Gasteiger partial charge in [-0.1, -0.05) is 48.0 Å². The first-order valence-corrected chi connectivity index (χ1v) is 17.6. The smallest absolute Gasteiger partial charge is 0.309 e. The number of carbonyl (C=O) groups excluding carboxylic acids is 3. The van der Waals surface area contributed by atoms with Crippen LogP contribution in [0.4, 0.5) is 0 Å². The van der Waals surface area contributed by atoms with Gasteiger partial charge in [0, 0.05) is 31.3 Å². The lowest BCUT2D eigenvalue weighted by Gasteiger charge is -2.38. The monoisotopic (exact) mass is 719 g/mol. The second-order valence-corrected chi connectivity index (χ2v) is 15.2. The SMILES string of the molecule is CC(C)(CCC(C)(C)C(=O)O)C(N)=O.CCC(C)C(C)(C)CC(C)(C)OCCOCCNC(=O)COCCOCCNC(=O)CCCC(=O)O. The number of hydrogen-bond donors (Lipinski definition) is 5. The Kier molecular flexibility index (Phi) is 24.8. The van der Waals surface area contributed by atoms with Crippen LogP contribution in [0.2, 0.25) is 0 Å². The molecule has 0 rings (SSSR count). The molecule has 3 amide bonds. The number of primary amides is 1. The molecular formula is C36H69N3O11. The Hall–Kier alpha value is -2.81. The molecular weight excluding hydrogens is 650 g/mol. The van der Waals surface area contributed by atoms with Gasteiger partial charge in [0.05, 0.1) is 50.7 Å². The molecule has 0 aromatic carbocycles. The van der Waals surface area contributed by atoms with Crippen molar-refractivity contribution in [3.8, 4) is 0 Å². The first kappa shape index (κ1) is 49.3. The van der Waals surface area contributed by atoms with Crippen molar-refractivity contribution in [1.82, 2.24) is 10.6 Å². The Morgan fingerprint density at radius 3 is 1.70 bits per heavy atom. The normalized spacial score (nSPS) is 12.8. The predicted octanol–water partition coefficient (Wildman–Crippen LogP) is 4.17. The fourth-order valence-electron chi connectivity index (χ4n) is 4.66. The number of carboxylic acid groups (broad SMARTS) is 2. The summed E-state index contributed by atoms with van der Waals surface area (Å²) >= 11 is 0. The maximum atomic E-state index is 11.8. The number of aliphatic carboxylic acids is 2. The lowest BCUT2D eigenvalue weighted by atomic mass is 9.72. The molecule has 0 saturated carbocycles. The van der Waals surface area contributed by atoms with Crippen LogP contribution in [0.5, 0.6) is 0 Å². The Balaban J connectivity index is 0. The van der Waals surface area contributed by atoms with Crippen LogP contribution in [0, 0.1) is 22.2 Å². The first-order valence-electron chi connectivity index (χ1n) is 17.6. The molecule has 0 spiro atoms. The summed E-state index contributed by atoms with van der Waals surface area (Å²) in [5.41, 5.74) is 3.75.